The Kier molecular flexibility index (Phi) is 3.17. The Morgan fingerprint density at radius 3 is 2.22 bits per heavy atom. The van der Waals surface area contributed by atoms with Crippen molar-refractivity contribution in [3.8, 4) is 0 Å². The fourth-order valence-electron chi connectivity index (χ4n) is 2.70. The van der Waals surface area contributed by atoms with E-state index in [1.54, 1.807) is 13.8 Å². The van der Waals surface area contributed by atoms with Gasteiger partial charge in [-0.25, -0.2) is 0 Å². The lowest BCUT2D eigenvalue weighted by atomic mass is 9.88. The van der Waals surface area contributed by atoms with Crippen LogP contribution in [-0.2, 0) is 14.4 Å². The second-order valence-electron chi connectivity index (χ2n) is 5.97. The number of carboxylic acids is 1. The highest BCUT2D eigenvalue weighted by Crippen LogP contribution is 2.38. The molecule has 0 aromatic heterocycles. The summed E-state index contributed by atoms with van der Waals surface area (Å²) in [5.74, 6) is -1.13. The van der Waals surface area contributed by atoms with E-state index in [1.807, 2.05) is 0 Å². The van der Waals surface area contributed by atoms with E-state index in [4.69, 9.17) is 5.11 Å². The number of likely N-dealkylation sites (tertiary alicyclic amines) is 1. The molecule has 5 heteroatoms. The predicted molar refractivity (Wildman–Crippen MR) is 63.6 cm³/mol. The average molecular weight is 253 g/mol. The van der Waals surface area contributed by atoms with Crippen LogP contribution < -0.4 is 0 Å². The molecule has 2 bridgehead atoms. The maximum absolute atomic E-state index is 12.0. The molecule has 0 aromatic carbocycles. The van der Waals surface area contributed by atoms with Crippen molar-refractivity contribution in [2.75, 3.05) is 6.54 Å². The predicted octanol–water partition coefficient (Wildman–Crippen LogP) is 1.27. The van der Waals surface area contributed by atoms with Gasteiger partial charge in [0.1, 0.15) is 0 Å². The van der Waals surface area contributed by atoms with Crippen LogP contribution in [0.15, 0.2) is 0 Å². The molecule has 2 aliphatic rings. The Balaban J connectivity index is 2.03. The van der Waals surface area contributed by atoms with Gasteiger partial charge in [0.25, 0.3) is 0 Å². The Labute approximate surface area is 106 Å². The van der Waals surface area contributed by atoms with Crippen LogP contribution in [0.5, 0.6) is 0 Å². The first-order valence-electron chi connectivity index (χ1n) is 6.41. The van der Waals surface area contributed by atoms with Gasteiger partial charge in [0.2, 0.25) is 11.8 Å². The third-order valence-electron chi connectivity index (χ3n) is 4.20. The van der Waals surface area contributed by atoms with Crippen LogP contribution in [0, 0.1) is 17.3 Å². The van der Waals surface area contributed by atoms with Crippen molar-refractivity contribution in [3.05, 3.63) is 0 Å². The van der Waals surface area contributed by atoms with Crippen molar-refractivity contribution in [1.82, 2.24) is 4.90 Å². The molecule has 0 aromatic rings. The van der Waals surface area contributed by atoms with Crippen LogP contribution in [0.25, 0.3) is 0 Å². The van der Waals surface area contributed by atoms with E-state index in [0.29, 0.717) is 12.8 Å². The topological polar surface area (TPSA) is 74.7 Å². The summed E-state index contributed by atoms with van der Waals surface area (Å²) in [6, 6.07) is 0. The third kappa shape index (κ3) is 2.13. The van der Waals surface area contributed by atoms with Gasteiger partial charge in [0.15, 0.2) is 0 Å². The Morgan fingerprint density at radius 1 is 1.28 bits per heavy atom. The summed E-state index contributed by atoms with van der Waals surface area (Å²) < 4.78 is 0. The zero-order valence-corrected chi connectivity index (χ0v) is 10.8. The van der Waals surface area contributed by atoms with Crippen LogP contribution in [-0.4, -0.2) is 34.3 Å². The molecule has 2 unspecified atom stereocenters. The van der Waals surface area contributed by atoms with Crippen LogP contribution in [0.1, 0.15) is 39.5 Å². The number of fused-ring (bicyclic) bond motifs is 2. The molecule has 1 N–H and O–H groups in total. The largest absolute Gasteiger partial charge is 0.481 e. The monoisotopic (exact) mass is 253 g/mol. The second kappa shape index (κ2) is 4.37. The van der Waals surface area contributed by atoms with E-state index in [1.165, 1.54) is 4.90 Å². The molecule has 18 heavy (non-hydrogen) atoms. The van der Waals surface area contributed by atoms with Crippen molar-refractivity contribution in [2.24, 2.45) is 17.3 Å². The minimum Gasteiger partial charge on any atom is -0.481 e. The highest BCUT2D eigenvalue weighted by atomic mass is 16.4. The molecule has 100 valence electrons. The van der Waals surface area contributed by atoms with Crippen molar-refractivity contribution in [3.63, 3.8) is 0 Å². The SMILES string of the molecule is CC(C)(CCN1C(=O)C2CCC(C2)C1=O)C(=O)O. The Hall–Kier alpha value is -1.39. The van der Waals surface area contributed by atoms with Crippen molar-refractivity contribution in [1.29, 1.82) is 0 Å². The van der Waals surface area contributed by atoms with E-state index >= 15 is 0 Å². The quantitative estimate of drug-likeness (QED) is 0.766. The minimum atomic E-state index is -0.906. The van der Waals surface area contributed by atoms with Crippen LogP contribution >= 0.6 is 0 Å². The van der Waals surface area contributed by atoms with E-state index in [9.17, 15) is 14.4 Å². The molecule has 5 nitrogen and oxygen atoms in total. The molecular formula is C13H19NO4. The number of carbonyl (C=O) groups is 3. The van der Waals surface area contributed by atoms with Gasteiger partial charge >= 0.3 is 5.97 Å². The summed E-state index contributed by atoms with van der Waals surface area (Å²) in [5.41, 5.74) is -0.906. The number of carboxylic acid groups (broad SMARTS) is 1. The summed E-state index contributed by atoms with van der Waals surface area (Å²) in [6.45, 7) is 3.45. The number of piperidine rings is 1. The van der Waals surface area contributed by atoms with E-state index < -0.39 is 11.4 Å². The highest BCUT2D eigenvalue weighted by Gasteiger charge is 2.45. The number of nitrogens with zero attached hydrogens (tertiary/aromatic N) is 1. The van der Waals surface area contributed by atoms with Crippen molar-refractivity contribution in [2.45, 2.75) is 39.5 Å². The van der Waals surface area contributed by atoms with Crippen molar-refractivity contribution >= 4 is 17.8 Å². The molecule has 0 radical (unpaired) electrons. The summed E-state index contributed by atoms with van der Waals surface area (Å²) in [6.07, 6.45) is 2.60. The summed E-state index contributed by atoms with van der Waals surface area (Å²) in [4.78, 5) is 36.4. The van der Waals surface area contributed by atoms with E-state index in [2.05, 4.69) is 0 Å². The first-order chi connectivity index (χ1) is 8.33. The number of aliphatic carboxylic acids is 1. The number of hydrogen-bond acceptors (Lipinski definition) is 3. The van der Waals surface area contributed by atoms with Gasteiger partial charge in [-0.15, -0.1) is 0 Å². The lowest BCUT2D eigenvalue weighted by Gasteiger charge is -2.31. The number of amides is 2. The van der Waals surface area contributed by atoms with Gasteiger partial charge in [0.05, 0.1) is 5.41 Å². The van der Waals surface area contributed by atoms with Crippen LogP contribution in [0.2, 0.25) is 0 Å². The minimum absolute atomic E-state index is 0.0133. The molecule has 1 saturated carbocycles. The summed E-state index contributed by atoms with van der Waals surface area (Å²) in [5, 5.41) is 9.03. The van der Waals surface area contributed by atoms with Crippen molar-refractivity contribution < 1.29 is 19.5 Å². The highest BCUT2D eigenvalue weighted by molar-refractivity contribution is 6.00. The fourth-order valence-corrected chi connectivity index (χ4v) is 2.70. The lowest BCUT2D eigenvalue weighted by Crippen LogP contribution is -2.47. The number of carbonyl (C=O) groups excluding carboxylic acids is 2. The van der Waals surface area contributed by atoms with Gasteiger partial charge < -0.3 is 5.11 Å². The molecule has 1 saturated heterocycles. The van der Waals surface area contributed by atoms with E-state index in [-0.39, 0.29) is 30.2 Å². The summed E-state index contributed by atoms with van der Waals surface area (Å²) in [7, 11) is 0. The van der Waals surface area contributed by atoms with Gasteiger partial charge in [-0.2, -0.15) is 0 Å². The second-order valence-corrected chi connectivity index (χ2v) is 5.97. The Morgan fingerprint density at radius 2 is 1.78 bits per heavy atom. The maximum atomic E-state index is 12.0. The molecule has 2 rings (SSSR count). The zero-order chi connectivity index (χ0) is 13.5. The average Bonchev–Trinajstić information content (AvgIpc) is 2.73. The first-order valence-corrected chi connectivity index (χ1v) is 6.41. The normalized spacial score (nSPS) is 27.8. The molecule has 1 aliphatic heterocycles. The molecule has 2 atom stereocenters. The molecular weight excluding hydrogens is 234 g/mol. The Bertz CT molecular complexity index is 380. The van der Waals surface area contributed by atoms with E-state index in [0.717, 1.165) is 12.8 Å². The van der Waals surface area contributed by atoms with Gasteiger partial charge in [-0.3, -0.25) is 19.3 Å². The maximum Gasteiger partial charge on any atom is 0.309 e. The van der Waals surface area contributed by atoms with Crippen LogP contribution in [0.4, 0.5) is 0 Å². The van der Waals surface area contributed by atoms with Crippen LogP contribution in [0.3, 0.4) is 0 Å². The molecule has 0 spiro atoms. The van der Waals surface area contributed by atoms with Gasteiger partial charge in [-0.05, 0) is 39.5 Å². The number of imide groups is 1. The number of rotatable bonds is 4. The molecule has 2 fully saturated rings. The third-order valence-corrected chi connectivity index (χ3v) is 4.20. The first kappa shape index (κ1) is 13.1. The molecule has 2 amide bonds. The fraction of sp³-hybridized carbons (Fsp3) is 0.769. The molecule has 1 aliphatic carbocycles. The lowest BCUT2D eigenvalue weighted by molar-refractivity contribution is -0.155. The zero-order valence-electron chi connectivity index (χ0n) is 10.8. The molecule has 1 heterocycles. The number of hydrogen-bond donors (Lipinski definition) is 1. The van der Waals surface area contributed by atoms with Gasteiger partial charge in [-0.1, -0.05) is 0 Å². The van der Waals surface area contributed by atoms with Gasteiger partial charge in [0, 0.05) is 18.4 Å². The summed E-state index contributed by atoms with van der Waals surface area (Å²) >= 11 is 0. The smallest absolute Gasteiger partial charge is 0.309 e. The standard InChI is InChI=1S/C13H19NO4/c1-13(2,12(17)18)5-6-14-10(15)8-3-4-9(7-8)11(14)16/h8-9H,3-7H2,1-2H3,(H,17,18).